The van der Waals surface area contributed by atoms with E-state index in [0.29, 0.717) is 24.0 Å². The Bertz CT molecular complexity index is 427. The van der Waals surface area contributed by atoms with Gasteiger partial charge in [0.25, 0.3) is 0 Å². The molecule has 1 saturated heterocycles. The van der Waals surface area contributed by atoms with Gasteiger partial charge < -0.3 is 14.7 Å². The van der Waals surface area contributed by atoms with Gasteiger partial charge in [-0.15, -0.1) is 0 Å². The largest absolute Gasteiger partial charge is 0.465 e. The maximum absolute atomic E-state index is 10.9. The molecule has 1 aromatic rings. The highest BCUT2D eigenvalue weighted by Crippen LogP contribution is 2.33. The summed E-state index contributed by atoms with van der Waals surface area (Å²) in [4.78, 5) is 12.4. The lowest BCUT2D eigenvalue weighted by molar-refractivity contribution is 0.0215. The number of nitrogens with zero attached hydrogens (tertiary/aromatic N) is 1. The van der Waals surface area contributed by atoms with E-state index in [1.54, 1.807) is 7.11 Å². The van der Waals surface area contributed by atoms with Crippen LogP contribution in [-0.4, -0.2) is 36.3 Å². The molecule has 1 heterocycles. The molecule has 1 aromatic carbocycles. The van der Waals surface area contributed by atoms with Crippen LogP contribution < -0.4 is 0 Å². The predicted octanol–water partition coefficient (Wildman–Crippen LogP) is 3.42. The van der Waals surface area contributed by atoms with Crippen molar-refractivity contribution in [2.24, 2.45) is 5.92 Å². The molecule has 1 aliphatic rings. The molecule has 1 unspecified atom stereocenters. The molecule has 0 aliphatic carbocycles. The minimum atomic E-state index is -0.834. The Morgan fingerprint density at radius 3 is 2.42 bits per heavy atom. The van der Waals surface area contributed by atoms with Gasteiger partial charge in [-0.2, -0.15) is 0 Å². The van der Waals surface area contributed by atoms with Gasteiger partial charge in [-0.3, -0.25) is 0 Å². The van der Waals surface area contributed by atoms with Crippen molar-refractivity contribution in [2.75, 3.05) is 20.2 Å². The van der Waals surface area contributed by atoms with E-state index < -0.39 is 6.09 Å². The molecule has 0 saturated carbocycles. The lowest BCUT2D eigenvalue weighted by atomic mass is 9.87. The van der Waals surface area contributed by atoms with E-state index >= 15 is 0 Å². The molecular weight excluding hydrogens is 266 g/mol. The Kier molecular flexibility index (Phi) is 4.66. The first-order valence-corrected chi connectivity index (χ1v) is 6.75. The summed E-state index contributed by atoms with van der Waals surface area (Å²) in [5.74, 6) is 0.349. The third kappa shape index (κ3) is 3.39. The second kappa shape index (κ2) is 6.26. The topological polar surface area (TPSA) is 49.8 Å². The molecule has 0 aromatic heterocycles. The molecule has 0 radical (unpaired) electrons. The van der Waals surface area contributed by atoms with Crippen LogP contribution in [0.3, 0.4) is 0 Å². The van der Waals surface area contributed by atoms with Crippen LogP contribution in [0.4, 0.5) is 4.79 Å². The summed E-state index contributed by atoms with van der Waals surface area (Å²) < 4.78 is 5.60. The number of benzene rings is 1. The lowest BCUT2D eigenvalue weighted by Crippen LogP contribution is -2.39. The van der Waals surface area contributed by atoms with E-state index in [1.165, 1.54) is 4.90 Å². The first-order valence-electron chi connectivity index (χ1n) is 6.38. The summed E-state index contributed by atoms with van der Waals surface area (Å²) in [7, 11) is 1.70. The van der Waals surface area contributed by atoms with Gasteiger partial charge >= 0.3 is 6.09 Å². The molecule has 1 fully saturated rings. The average Bonchev–Trinajstić information content (AvgIpc) is 2.42. The third-order valence-electron chi connectivity index (χ3n) is 3.69. The van der Waals surface area contributed by atoms with Gasteiger partial charge in [0.2, 0.25) is 0 Å². The molecule has 104 valence electrons. The maximum Gasteiger partial charge on any atom is 0.407 e. The summed E-state index contributed by atoms with van der Waals surface area (Å²) in [5.41, 5.74) is 1.10. The van der Waals surface area contributed by atoms with Gasteiger partial charge in [0, 0.05) is 25.2 Å². The number of halogens is 1. The number of carbonyl (C=O) groups is 1. The van der Waals surface area contributed by atoms with Crippen LogP contribution in [0, 0.1) is 5.92 Å². The number of hydrogen-bond acceptors (Lipinski definition) is 2. The fourth-order valence-corrected chi connectivity index (χ4v) is 2.77. The first-order chi connectivity index (χ1) is 9.11. The summed E-state index contributed by atoms with van der Waals surface area (Å²) in [6.45, 7) is 1.15. The Morgan fingerprint density at radius 1 is 1.37 bits per heavy atom. The molecule has 19 heavy (non-hydrogen) atoms. The van der Waals surface area contributed by atoms with Gasteiger partial charge in [-0.05, 0) is 36.5 Å². The number of amides is 1. The number of carboxylic acid groups (broad SMARTS) is 1. The van der Waals surface area contributed by atoms with Gasteiger partial charge in [0.05, 0.1) is 6.10 Å². The monoisotopic (exact) mass is 283 g/mol. The van der Waals surface area contributed by atoms with Gasteiger partial charge in [-0.1, -0.05) is 23.7 Å². The van der Waals surface area contributed by atoms with Crippen molar-refractivity contribution in [3.63, 3.8) is 0 Å². The Morgan fingerprint density at radius 2 is 1.95 bits per heavy atom. The Labute approximate surface area is 117 Å². The first kappa shape index (κ1) is 14.2. The van der Waals surface area contributed by atoms with Crippen LogP contribution in [0.1, 0.15) is 24.5 Å². The van der Waals surface area contributed by atoms with E-state index in [2.05, 4.69) is 0 Å². The number of hydrogen-bond donors (Lipinski definition) is 1. The van der Waals surface area contributed by atoms with E-state index in [1.807, 2.05) is 24.3 Å². The number of ether oxygens (including phenoxy) is 1. The lowest BCUT2D eigenvalue weighted by Gasteiger charge is -2.34. The molecule has 4 nitrogen and oxygen atoms in total. The van der Waals surface area contributed by atoms with Gasteiger partial charge in [-0.25, -0.2) is 4.79 Å². The molecule has 1 N–H and O–H groups in total. The summed E-state index contributed by atoms with van der Waals surface area (Å²) in [6.07, 6.45) is 0.827. The zero-order valence-corrected chi connectivity index (χ0v) is 11.6. The predicted molar refractivity (Wildman–Crippen MR) is 73.5 cm³/mol. The zero-order valence-electron chi connectivity index (χ0n) is 10.9. The molecule has 2 rings (SSSR count). The standard InChI is InChI=1S/C14H18ClNO3/c1-19-13(10-2-4-12(15)5-3-10)11-6-8-16(9-7-11)14(17)18/h2-5,11,13H,6-9H2,1H3,(H,17,18). The van der Waals surface area contributed by atoms with Crippen molar-refractivity contribution in [3.8, 4) is 0 Å². The number of rotatable bonds is 3. The molecule has 0 bridgehead atoms. The summed E-state index contributed by atoms with van der Waals surface area (Å²) in [5, 5.41) is 9.66. The van der Waals surface area contributed by atoms with Crippen molar-refractivity contribution in [2.45, 2.75) is 18.9 Å². The van der Waals surface area contributed by atoms with E-state index in [4.69, 9.17) is 21.4 Å². The van der Waals surface area contributed by atoms with Crippen molar-refractivity contribution in [1.29, 1.82) is 0 Å². The van der Waals surface area contributed by atoms with E-state index in [0.717, 1.165) is 18.4 Å². The molecule has 1 aliphatic heterocycles. The molecule has 0 spiro atoms. The molecule has 5 heteroatoms. The summed E-state index contributed by atoms with van der Waals surface area (Å²) in [6, 6.07) is 7.66. The second-order valence-electron chi connectivity index (χ2n) is 4.81. The van der Waals surface area contributed by atoms with Crippen LogP contribution in [0.25, 0.3) is 0 Å². The Balaban J connectivity index is 2.03. The minimum Gasteiger partial charge on any atom is -0.465 e. The highest BCUT2D eigenvalue weighted by Gasteiger charge is 2.29. The SMILES string of the molecule is COC(c1ccc(Cl)cc1)C1CCN(C(=O)O)CC1. The van der Waals surface area contributed by atoms with Crippen LogP contribution in [0.5, 0.6) is 0 Å². The third-order valence-corrected chi connectivity index (χ3v) is 3.94. The number of piperidine rings is 1. The highest BCUT2D eigenvalue weighted by molar-refractivity contribution is 6.30. The van der Waals surface area contributed by atoms with Crippen LogP contribution in [0.15, 0.2) is 24.3 Å². The van der Waals surface area contributed by atoms with E-state index in [9.17, 15) is 4.79 Å². The Hall–Kier alpha value is -1.26. The van der Waals surface area contributed by atoms with Crippen molar-refractivity contribution < 1.29 is 14.6 Å². The molecule has 1 atom stereocenters. The van der Waals surface area contributed by atoms with Gasteiger partial charge in [0.1, 0.15) is 0 Å². The van der Waals surface area contributed by atoms with Crippen molar-refractivity contribution in [1.82, 2.24) is 4.90 Å². The quantitative estimate of drug-likeness (QED) is 0.925. The summed E-state index contributed by atoms with van der Waals surface area (Å²) >= 11 is 5.89. The molecular formula is C14H18ClNO3. The average molecular weight is 284 g/mol. The maximum atomic E-state index is 10.9. The van der Waals surface area contributed by atoms with E-state index in [-0.39, 0.29) is 6.10 Å². The van der Waals surface area contributed by atoms with Crippen LogP contribution in [0.2, 0.25) is 5.02 Å². The van der Waals surface area contributed by atoms with Crippen molar-refractivity contribution >= 4 is 17.7 Å². The second-order valence-corrected chi connectivity index (χ2v) is 5.25. The fraction of sp³-hybridized carbons (Fsp3) is 0.500. The number of likely N-dealkylation sites (tertiary alicyclic amines) is 1. The number of methoxy groups -OCH3 is 1. The van der Waals surface area contributed by atoms with Crippen LogP contribution >= 0.6 is 11.6 Å². The molecule has 1 amide bonds. The fourth-order valence-electron chi connectivity index (χ4n) is 2.65. The van der Waals surface area contributed by atoms with Gasteiger partial charge in [0.15, 0.2) is 0 Å². The smallest absolute Gasteiger partial charge is 0.407 e. The zero-order chi connectivity index (χ0) is 13.8. The minimum absolute atomic E-state index is 0.00760. The highest BCUT2D eigenvalue weighted by atomic mass is 35.5. The van der Waals surface area contributed by atoms with Crippen LogP contribution in [-0.2, 0) is 4.74 Å². The normalized spacial score (nSPS) is 18.3. The van der Waals surface area contributed by atoms with Crippen molar-refractivity contribution in [3.05, 3.63) is 34.9 Å².